The van der Waals surface area contributed by atoms with Gasteiger partial charge in [0.1, 0.15) is 0 Å². The molecule has 0 unspecified atom stereocenters. The molecule has 2 aromatic rings. The van der Waals surface area contributed by atoms with Crippen LogP contribution in [0, 0.1) is 0 Å². The highest BCUT2D eigenvalue weighted by Gasteiger charge is 2.09. The molecule has 0 radical (unpaired) electrons. The van der Waals surface area contributed by atoms with Gasteiger partial charge in [-0.25, -0.2) is 4.79 Å². The summed E-state index contributed by atoms with van der Waals surface area (Å²) < 4.78 is 2.23. The number of hydrogen-bond acceptors (Lipinski definition) is 4. The van der Waals surface area contributed by atoms with Gasteiger partial charge in [-0.1, -0.05) is 6.07 Å². The van der Waals surface area contributed by atoms with Crippen LogP contribution in [0.25, 0.3) is 6.08 Å². The number of nitrogens with one attached hydrogen (secondary N) is 1. The van der Waals surface area contributed by atoms with Crippen molar-refractivity contribution >= 4 is 23.6 Å². The van der Waals surface area contributed by atoms with E-state index in [0.717, 1.165) is 4.57 Å². The monoisotopic (exact) mass is 356 g/mol. The number of carbonyl (C=O) groups excluding carboxylic acids is 2. The minimum Gasteiger partial charge on any atom is -0.345 e. The van der Waals surface area contributed by atoms with Crippen LogP contribution in [-0.2, 0) is 18.9 Å². The van der Waals surface area contributed by atoms with Gasteiger partial charge >= 0.3 is 5.69 Å². The van der Waals surface area contributed by atoms with Crippen LogP contribution in [0.5, 0.6) is 0 Å². The van der Waals surface area contributed by atoms with Gasteiger partial charge in [0.05, 0.1) is 5.56 Å². The molecule has 0 fully saturated rings. The number of benzene rings is 1. The predicted molar refractivity (Wildman–Crippen MR) is 99.0 cm³/mol. The molecule has 1 heterocycles. The van der Waals surface area contributed by atoms with Crippen LogP contribution >= 0.6 is 0 Å². The summed E-state index contributed by atoms with van der Waals surface area (Å²) in [4.78, 5) is 49.1. The fourth-order valence-electron chi connectivity index (χ4n) is 2.29. The summed E-state index contributed by atoms with van der Waals surface area (Å²) >= 11 is 0. The van der Waals surface area contributed by atoms with Crippen molar-refractivity contribution in [2.75, 3.05) is 19.4 Å². The van der Waals surface area contributed by atoms with Gasteiger partial charge in [-0.3, -0.25) is 19.0 Å². The first-order chi connectivity index (χ1) is 12.2. The number of aromatic nitrogens is 2. The van der Waals surface area contributed by atoms with E-state index in [2.05, 4.69) is 5.32 Å². The molecule has 0 saturated carbocycles. The maximum absolute atomic E-state index is 12.1. The summed E-state index contributed by atoms with van der Waals surface area (Å²) in [6.45, 7) is 0. The molecule has 0 saturated heterocycles. The molecule has 0 bridgehead atoms. The van der Waals surface area contributed by atoms with Crippen LogP contribution in [-0.4, -0.2) is 39.9 Å². The highest BCUT2D eigenvalue weighted by molar-refractivity contribution is 6.03. The van der Waals surface area contributed by atoms with E-state index in [1.807, 2.05) is 0 Å². The molecule has 8 nitrogen and oxygen atoms in total. The summed E-state index contributed by atoms with van der Waals surface area (Å²) in [5.74, 6) is -0.638. The first kappa shape index (κ1) is 18.9. The maximum Gasteiger partial charge on any atom is 0.330 e. The minimum absolute atomic E-state index is 0.176. The van der Waals surface area contributed by atoms with Gasteiger partial charge in [0.2, 0.25) is 5.91 Å². The van der Waals surface area contributed by atoms with E-state index >= 15 is 0 Å². The third kappa shape index (κ3) is 4.15. The Hall–Kier alpha value is -3.42. The normalized spacial score (nSPS) is 10.8. The Balaban J connectivity index is 2.19. The van der Waals surface area contributed by atoms with Crippen molar-refractivity contribution < 1.29 is 9.59 Å². The summed E-state index contributed by atoms with van der Waals surface area (Å²) in [5, 5.41) is 2.63. The zero-order valence-corrected chi connectivity index (χ0v) is 15.0. The van der Waals surface area contributed by atoms with E-state index in [-0.39, 0.29) is 11.5 Å². The Morgan fingerprint density at radius 3 is 2.50 bits per heavy atom. The molecule has 136 valence electrons. The number of aryl methyl sites for hydroxylation is 1. The highest BCUT2D eigenvalue weighted by Crippen LogP contribution is 2.12. The molecular formula is C18H20N4O4. The Labute approximate surface area is 150 Å². The second-order valence-electron chi connectivity index (χ2n) is 5.95. The largest absolute Gasteiger partial charge is 0.345 e. The van der Waals surface area contributed by atoms with E-state index in [0.29, 0.717) is 11.3 Å². The Bertz CT molecular complexity index is 999. The van der Waals surface area contributed by atoms with E-state index in [4.69, 9.17) is 0 Å². The lowest BCUT2D eigenvalue weighted by atomic mass is 10.2. The molecule has 0 spiro atoms. The van der Waals surface area contributed by atoms with Gasteiger partial charge in [-0.05, 0) is 24.3 Å². The Morgan fingerprint density at radius 1 is 1.15 bits per heavy atom. The number of amides is 2. The lowest BCUT2D eigenvalue weighted by Crippen LogP contribution is -2.37. The quantitative estimate of drug-likeness (QED) is 0.805. The van der Waals surface area contributed by atoms with E-state index in [9.17, 15) is 19.2 Å². The van der Waals surface area contributed by atoms with Crippen molar-refractivity contribution in [3.8, 4) is 0 Å². The minimum atomic E-state index is -0.490. The van der Waals surface area contributed by atoms with Crippen molar-refractivity contribution in [3.05, 3.63) is 68.5 Å². The predicted octanol–water partition coefficient (Wildman–Crippen LogP) is 0.438. The molecule has 2 rings (SSSR count). The third-order valence-electron chi connectivity index (χ3n) is 3.67. The molecule has 1 aromatic carbocycles. The Kier molecular flexibility index (Phi) is 5.56. The second-order valence-corrected chi connectivity index (χ2v) is 5.95. The first-order valence-corrected chi connectivity index (χ1v) is 7.78. The maximum atomic E-state index is 12.1. The zero-order chi connectivity index (χ0) is 19.4. The van der Waals surface area contributed by atoms with Crippen molar-refractivity contribution in [3.63, 3.8) is 0 Å². The second kappa shape index (κ2) is 7.64. The highest BCUT2D eigenvalue weighted by atomic mass is 16.2. The molecule has 2 amide bonds. The summed E-state index contributed by atoms with van der Waals surface area (Å²) in [6.07, 6.45) is 3.90. The smallest absolute Gasteiger partial charge is 0.330 e. The summed E-state index contributed by atoms with van der Waals surface area (Å²) in [7, 11) is 6.18. The molecule has 1 aromatic heterocycles. The summed E-state index contributed by atoms with van der Waals surface area (Å²) in [6, 6.07) is 6.55. The SMILES string of the molecule is CN(C)C(=O)c1cccc(NC(=O)/C=C/c2cn(C)c(=O)n(C)c2=O)c1. The molecule has 0 aliphatic carbocycles. The van der Waals surface area contributed by atoms with Crippen LogP contribution in [0.3, 0.4) is 0 Å². The van der Waals surface area contributed by atoms with Crippen LogP contribution in [0.2, 0.25) is 0 Å². The number of rotatable bonds is 4. The zero-order valence-electron chi connectivity index (χ0n) is 15.0. The van der Waals surface area contributed by atoms with E-state index in [1.54, 1.807) is 38.4 Å². The van der Waals surface area contributed by atoms with Gasteiger partial charge in [0.15, 0.2) is 0 Å². The molecular weight excluding hydrogens is 336 g/mol. The lowest BCUT2D eigenvalue weighted by Gasteiger charge is -2.11. The number of nitrogens with zero attached hydrogens (tertiary/aromatic N) is 3. The fourth-order valence-corrected chi connectivity index (χ4v) is 2.29. The van der Waals surface area contributed by atoms with Crippen LogP contribution in [0.4, 0.5) is 5.69 Å². The van der Waals surface area contributed by atoms with Crippen molar-refractivity contribution in [2.24, 2.45) is 14.1 Å². The standard InChI is InChI=1S/C18H20N4O4/c1-20(2)16(24)12-6-5-7-14(10-12)19-15(23)9-8-13-11-21(3)18(26)22(4)17(13)25/h5-11H,1-4H3,(H,19,23)/b9-8+. The van der Waals surface area contributed by atoms with Crippen LogP contribution < -0.4 is 16.6 Å². The van der Waals surface area contributed by atoms with Gasteiger partial charge in [0, 0.05) is 51.7 Å². The number of anilines is 1. The third-order valence-corrected chi connectivity index (χ3v) is 3.67. The molecule has 0 aliphatic heterocycles. The average Bonchev–Trinajstić information content (AvgIpc) is 2.61. The fraction of sp³-hybridized carbons (Fsp3) is 0.222. The molecule has 1 N–H and O–H groups in total. The van der Waals surface area contributed by atoms with E-state index < -0.39 is 17.2 Å². The average molecular weight is 356 g/mol. The molecule has 8 heteroatoms. The van der Waals surface area contributed by atoms with Gasteiger partial charge in [-0.2, -0.15) is 0 Å². The van der Waals surface area contributed by atoms with Crippen molar-refractivity contribution in [1.82, 2.24) is 14.0 Å². The van der Waals surface area contributed by atoms with Crippen LogP contribution in [0.1, 0.15) is 15.9 Å². The number of hydrogen-bond donors (Lipinski definition) is 1. The topological polar surface area (TPSA) is 93.4 Å². The van der Waals surface area contributed by atoms with E-state index in [1.165, 1.54) is 41.9 Å². The number of carbonyl (C=O) groups is 2. The summed E-state index contributed by atoms with van der Waals surface area (Å²) in [5.41, 5.74) is 0.181. The Morgan fingerprint density at radius 2 is 1.85 bits per heavy atom. The van der Waals surface area contributed by atoms with Gasteiger partial charge in [0.25, 0.3) is 11.5 Å². The van der Waals surface area contributed by atoms with Crippen molar-refractivity contribution in [1.29, 1.82) is 0 Å². The van der Waals surface area contributed by atoms with Crippen LogP contribution in [0.15, 0.2) is 46.1 Å². The van der Waals surface area contributed by atoms with Crippen molar-refractivity contribution in [2.45, 2.75) is 0 Å². The molecule has 0 aliphatic rings. The molecule has 26 heavy (non-hydrogen) atoms. The lowest BCUT2D eigenvalue weighted by molar-refractivity contribution is -0.111. The van der Waals surface area contributed by atoms with Gasteiger partial charge < -0.3 is 14.8 Å². The molecule has 0 atom stereocenters. The van der Waals surface area contributed by atoms with Gasteiger partial charge in [-0.15, -0.1) is 0 Å². The first-order valence-electron chi connectivity index (χ1n) is 7.78.